The molecule has 0 aliphatic rings. The highest BCUT2D eigenvalue weighted by molar-refractivity contribution is 7.20. The van der Waals surface area contributed by atoms with Crippen molar-refractivity contribution in [3.8, 4) is 5.75 Å². The maximum Gasteiger partial charge on any atom is 0.416 e. The third-order valence-electron chi connectivity index (χ3n) is 10.8. The quantitative estimate of drug-likeness (QED) is 0.0905. The lowest BCUT2D eigenvalue weighted by Gasteiger charge is -2.46. The van der Waals surface area contributed by atoms with Crippen LogP contribution in [0, 0.1) is 0 Å². The molecule has 5 aromatic carbocycles. The molecule has 73 heavy (non-hydrogen) atoms. The Kier molecular flexibility index (Phi) is 15.4. The topological polar surface area (TPSA) is 26.0 Å². The van der Waals surface area contributed by atoms with Gasteiger partial charge in [0.05, 0.1) is 56.9 Å². The number of alkyl halides is 24. The number of aromatic nitrogens is 2. The van der Waals surface area contributed by atoms with Crippen LogP contribution in [-0.2, 0) is 49.4 Å². The Morgan fingerprint density at radius 2 is 0.575 bits per heavy atom. The molecule has 6 rings (SSSR count). The molecule has 6 aromatic rings. The van der Waals surface area contributed by atoms with E-state index in [1.807, 2.05) is 12.1 Å². The summed E-state index contributed by atoms with van der Waals surface area (Å²) >= 11 is 0. The van der Waals surface area contributed by atoms with E-state index in [4.69, 9.17) is 4.84 Å². The maximum atomic E-state index is 14.2. The van der Waals surface area contributed by atoms with Gasteiger partial charge in [0, 0.05) is 4.73 Å². The highest BCUT2D eigenvalue weighted by Gasteiger charge is 2.47. The molecule has 0 bridgehead atoms. The van der Waals surface area contributed by atoms with Gasteiger partial charge in [-0.05, 0) is 47.9 Å². The zero-order chi connectivity index (χ0) is 55.3. The van der Waals surface area contributed by atoms with Crippen molar-refractivity contribution in [2.45, 2.75) is 69.2 Å². The van der Waals surface area contributed by atoms with Crippen LogP contribution in [0.15, 0.2) is 122 Å². The lowest BCUT2D eigenvalue weighted by Crippen LogP contribution is -2.75. The van der Waals surface area contributed by atoms with Crippen LogP contribution in [-0.4, -0.2) is 11.1 Å². The van der Waals surface area contributed by atoms with Gasteiger partial charge in [0.25, 0.3) is 0 Å². The largest absolute Gasteiger partial charge is 0.416 e. The minimum atomic E-state index is -6.13. The molecule has 0 saturated carbocycles. The van der Waals surface area contributed by atoms with Crippen LogP contribution < -0.4 is 31.4 Å². The third kappa shape index (κ3) is 13.5. The Labute approximate surface area is 394 Å². The molecule has 0 amide bonds. The van der Waals surface area contributed by atoms with Crippen molar-refractivity contribution in [1.29, 1.82) is 0 Å². The Morgan fingerprint density at radius 3 is 0.767 bits per heavy atom. The van der Waals surface area contributed by atoms with E-state index < -0.39 is 195 Å². The van der Waals surface area contributed by atoms with Gasteiger partial charge in [-0.1, -0.05) is 74.5 Å². The lowest BCUT2D eigenvalue weighted by molar-refractivity contribution is -0.875. The predicted octanol–water partition coefficient (Wildman–Crippen LogP) is 13.5. The number of nitrogens with zero attached hydrogens (tertiary/aromatic N) is 2. The van der Waals surface area contributed by atoms with Crippen LogP contribution in [0.2, 0.25) is 0 Å². The average Bonchev–Trinajstić information content (AvgIpc) is 3.25. The molecule has 0 aliphatic carbocycles. The normalized spacial score (nSPS) is 13.5. The molecule has 0 atom stereocenters. The fourth-order valence-electron chi connectivity index (χ4n) is 7.47. The zero-order valence-electron chi connectivity index (χ0n) is 36.1. The Balaban J connectivity index is 0.000000520. The average molecular weight is 1080 g/mol. The summed E-state index contributed by atoms with van der Waals surface area (Å²) in [7, 11) is 0. The first-order valence-corrected chi connectivity index (χ1v) is 20.0. The van der Waals surface area contributed by atoms with E-state index in [1.165, 1.54) is 5.56 Å². The van der Waals surface area contributed by atoms with E-state index in [0.717, 1.165) is 5.75 Å². The summed E-state index contributed by atoms with van der Waals surface area (Å²) in [6, 6.07) is -0.690. The van der Waals surface area contributed by atoms with Crippen molar-refractivity contribution < 1.29 is 115 Å². The summed E-state index contributed by atoms with van der Waals surface area (Å²) in [4.78, 5) is 9.51. The lowest BCUT2D eigenvalue weighted by atomic mass is 9.12. The second kappa shape index (κ2) is 19.7. The third-order valence-corrected chi connectivity index (χ3v) is 10.8. The van der Waals surface area contributed by atoms with E-state index in [1.54, 1.807) is 29.5 Å². The summed E-state index contributed by atoms with van der Waals surface area (Å²) in [5.74, 6) is 1.36. The van der Waals surface area contributed by atoms with Crippen molar-refractivity contribution in [3.05, 3.63) is 172 Å². The van der Waals surface area contributed by atoms with Gasteiger partial charge in [-0.25, -0.2) is 4.84 Å². The first-order valence-electron chi connectivity index (χ1n) is 20.0. The van der Waals surface area contributed by atoms with Gasteiger partial charge in [0.2, 0.25) is 18.1 Å². The Hall–Kier alpha value is -6.64. The van der Waals surface area contributed by atoms with Crippen molar-refractivity contribution in [2.75, 3.05) is 0 Å². The van der Waals surface area contributed by atoms with Crippen molar-refractivity contribution in [2.24, 2.45) is 0 Å². The van der Waals surface area contributed by atoms with E-state index >= 15 is 0 Å². The van der Waals surface area contributed by atoms with Gasteiger partial charge >= 0.3 is 49.4 Å². The molecule has 0 fully saturated rings. The molecule has 1 aromatic heterocycles. The van der Waals surface area contributed by atoms with Crippen LogP contribution in [0.3, 0.4) is 0 Å². The van der Waals surface area contributed by atoms with E-state index in [-0.39, 0.29) is 0 Å². The van der Waals surface area contributed by atoms with Crippen LogP contribution in [0.1, 0.15) is 69.8 Å². The smallest absolute Gasteiger partial charge is 0.252 e. The SMILES string of the molecule is CC(C)c1ccc(O[n+]2ccncc2)cc1.FC(F)(F)c1cc([B-](c2cc(C(F)(F)F)cc(C(F)(F)F)c2)(c2cc(C(F)(F)F)cc(C(F)(F)F)c2)c2cc(C(F)(F)F)cc(C(F)(F)F)c2)cc(C(F)(F)F)c1. The molecule has 0 N–H and O–H groups in total. The standard InChI is InChI=1S/C32H12BF24.C13H15N2O/c34-25(35,36)13-1-14(26(37,38)39)6-21(5-13)33(22-7-15(27(40,41)42)2-16(8-22)28(43,44)45,23-9-17(29(46,47)48)3-18(10-23)30(49,50)51)24-11-19(31(52,53)54)4-20(12-24)32(55,56)57;1-11(2)12-3-5-13(6-4-12)16-15-9-7-14-8-10-15/h1-12H;3-11H,1-2H3/q-1;+1. The summed E-state index contributed by atoms with van der Waals surface area (Å²) in [5.41, 5.74) is -28.9. The van der Waals surface area contributed by atoms with Gasteiger partial charge in [-0.2, -0.15) is 127 Å². The summed E-state index contributed by atoms with van der Waals surface area (Å²) < 4.78 is 342. The number of rotatable bonds is 7. The molecule has 3 nitrogen and oxygen atoms in total. The molecule has 0 radical (unpaired) electrons. The number of hydrogen-bond acceptors (Lipinski definition) is 2. The van der Waals surface area contributed by atoms with E-state index in [2.05, 4.69) is 31.0 Å². The molecular weight excluding hydrogens is 1050 g/mol. The van der Waals surface area contributed by atoms with Crippen LogP contribution >= 0.6 is 0 Å². The van der Waals surface area contributed by atoms with Gasteiger partial charge in [-0.3, -0.25) is 4.98 Å². The van der Waals surface area contributed by atoms with Gasteiger partial charge in [-0.15, -0.1) is 0 Å². The summed E-state index contributed by atoms with van der Waals surface area (Å²) in [6.07, 6.45) is -47.9. The number of halogens is 24. The Bertz CT molecular complexity index is 2450. The van der Waals surface area contributed by atoms with Crippen LogP contribution in [0.5, 0.6) is 5.75 Å². The second-order valence-corrected chi connectivity index (χ2v) is 16.1. The molecule has 28 heteroatoms. The summed E-state index contributed by atoms with van der Waals surface area (Å²) in [5, 5.41) is 0. The number of benzene rings is 5. The minimum absolute atomic E-state index is 0.544. The molecule has 0 saturated heterocycles. The van der Waals surface area contributed by atoms with Crippen molar-refractivity contribution in [1.82, 2.24) is 4.98 Å². The fraction of sp³-hybridized carbons (Fsp3) is 0.244. The highest BCUT2D eigenvalue weighted by atomic mass is 19.4. The zero-order valence-corrected chi connectivity index (χ0v) is 36.1. The molecular formula is C45H27BF24N2O. The minimum Gasteiger partial charge on any atom is -0.252 e. The van der Waals surface area contributed by atoms with Crippen molar-refractivity contribution >= 4 is 28.0 Å². The second-order valence-electron chi connectivity index (χ2n) is 16.1. The maximum absolute atomic E-state index is 14.2. The highest BCUT2D eigenvalue weighted by Crippen LogP contribution is 2.41. The van der Waals surface area contributed by atoms with Gasteiger partial charge < -0.3 is 0 Å². The first kappa shape index (κ1) is 57.3. The summed E-state index contributed by atoms with van der Waals surface area (Å²) in [6.45, 7) is 4.35. The predicted molar refractivity (Wildman–Crippen MR) is 211 cm³/mol. The van der Waals surface area contributed by atoms with Crippen molar-refractivity contribution in [3.63, 3.8) is 0 Å². The van der Waals surface area contributed by atoms with Crippen LogP contribution in [0.25, 0.3) is 0 Å². The molecule has 1 heterocycles. The van der Waals surface area contributed by atoms with Gasteiger partial charge in [0.15, 0.2) is 0 Å². The van der Waals surface area contributed by atoms with E-state index in [9.17, 15) is 105 Å². The molecule has 0 spiro atoms. The Morgan fingerprint density at radius 1 is 0.356 bits per heavy atom. The fourth-order valence-corrected chi connectivity index (χ4v) is 7.47. The monoisotopic (exact) mass is 1080 g/mol. The molecule has 0 unspecified atom stereocenters. The molecule has 0 aliphatic heterocycles. The first-order chi connectivity index (χ1) is 33.0. The number of hydrogen-bond donors (Lipinski definition) is 0. The van der Waals surface area contributed by atoms with Gasteiger partial charge in [0.1, 0.15) is 6.15 Å². The van der Waals surface area contributed by atoms with Crippen LogP contribution in [0.4, 0.5) is 105 Å². The van der Waals surface area contributed by atoms with E-state index in [0.29, 0.717) is 5.92 Å². The molecule has 394 valence electrons.